The predicted octanol–water partition coefficient (Wildman–Crippen LogP) is 2.78. The lowest BCUT2D eigenvalue weighted by Crippen LogP contribution is -1.73. The number of nitrogens with zero attached hydrogens (tertiary/aromatic N) is 1. The summed E-state index contributed by atoms with van der Waals surface area (Å²) < 4.78 is 1.24. The van der Waals surface area contributed by atoms with E-state index in [9.17, 15) is 0 Å². The molecule has 3 rings (SSSR count). The molecule has 2 nitrogen and oxygen atoms in total. The van der Waals surface area contributed by atoms with E-state index in [0.717, 1.165) is 16.6 Å². The van der Waals surface area contributed by atoms with E-state index in [1.165, 1.54) is 4.70 Å². The van der Waals surface area contributed by atoms with Crippen molar-refractivity contribution in [2.75, 3.05) is 0 Å². The van der Waals surface area contributed by atoms with Crippen molar-refractivity contribution < 1.29 is 0 Å². The predicted molar refractivity (Wildman–Crippen MR) is 51.5 cm³/mol. The third-order valence-electron chi connectivity index (χ3n) is 1.95. The van der Waals surface area contributed by atoms with Gasteiger partial charge in [-0.2, -0.15) is 0 Å². The van der Waals surface area contributed by atoms with Gasteiger partial charge in [-0.15, -0.1) is 11.3 Å². The van der Waals surface area contributed by atoms with Crippen LogP contribution in [0.5, 0.6) is 0 Å². The second-order valence-corrected chi connectivity index (χ2v) is 3.65. The van der Waals surface area contributed by atoms with Crippen LogP contribution in [0, 0.1) is 0 Å². The molecule has 0 aliphatic heterocycles. The molecule has 0 saturated carbocycles. The largest absolute Gasteiger partial charge is 0.360 e. The van der Waals surface area contributed by atoms with Crippen molar-refractivity contribution in [1.29, 1.82) is 0 Å². The van der Waals surface area contributed by atoms with Gasteiger partial charge in [0.05, 0.1) is 21.3 Å². The maximum absolute atomic E-state index is 4.48. The number of aromatic amines is 1. The quantitative estimate of drug-likeness (QED) is 0.557. The minimum atomic E-state index is 1.04. The van der Waals surface area contributed by atoms with E-state index < -0.39 is 0 Å². The number of aromatic nitrogens is 2. The van der Waals surface area contributed by atoms with Gasteiger partial charge in [0.1, 0.15) is 0 Å². The number of hydrogen-bond acceptors (Lipinski definition) is 2. The summed E-state index contributed by atoms with van der Waals surface area (Å²) in [4.78, 5) is 7.62. The van der Waals surface area contributed by atoms with Crippen LogP contribution in [0.4, 0.5) is 0 Å². The maximum Gasteiger partial charge on any atom is 0.0887 e. The fourth-order valence-corrected chi connectivity index (χ4v) is 2.13. The zero-order chi connectivity index (χ0) is 7.97. The summed E-state index contributed by atoms with van der Waals surface area (Å²) in [6.07, 6.45) is 1.92. The van der Waals surface area contributed by atoms with Gasteiger partial charge < -0.3 is 4.98 Å². The molecule has 3 heteroatoms. The molecule has 0 aliphatic rings. The SMILES string of the molecule is c1cc2nc3ccsc3cc2[nH]1. The van der Waals surface area contributed by atoms with Crippen LogP contribution in [0.2, 0.25) is 0 Å². The first-order valence-electron chi connectivity index (χ1n) is 3.75. The van der Waals surface area contributed by atoms with Gasteiger partial charge in [-0.3, -0.25) is 0 Å². The molecule has 0 saturated heterocycles. The molecule has 0 atom stereocenters. The Hall–Kier alpha value is -1.35. The minimum absolute atomic E-state index is 1.04. The molecule has 12 heavy (non-hydrogen) atoms. The third kappa shape index (κ3) is 0.713. The highest BCUT2D eigenvalue weighted by molar-refractivity contribution is 7.17. The number of H-pyrrole nitrogens is 1. The fourth-order valence-electron chi connectivity index (χ4n) is 1.36. The number of nitrogens with one attached hydrogen (secondary N) is 1. The topological polar surface area (TPSA) is 28.7 Å². The Morgan fingerprint density at radius 2 is 2.25 bits per heavy atom. The molecule has 1 N–H and O–H groups in total. The van der Waals surface area contributed by atoms with Gasteiger partial charge in [0.25, 0.3) is 0 Å². The van der Waals surface area contributed by atoms with Crippen molar-refractivity contribution in [2.24, 2.45) is 0 Å². The second kappa shape index (κ2) is 2.08. The number of fused-ring (bicyclic) bond motifs is 2. The summed E-state index contributed by atoms with van der Waals surface area (Å²) >= 11 is 1.72. The minimum Gasteiger partial charge on any atom is -0.360 e. The maximum atomic E-state index is 4.48. The molecule has 0 aromatic carbocycles. The van der Waals surface area contributed by atoms with Gasteiger partial charge in [0.15, 0.2) is 0 Å². The fraction of sp³-hybridized carbons (Fsp3) is 0. The summed E-state index contributed by atoms with van der Waals surface area (Å²) in [6.45, 7) is 0. The Morgan fingerprint density at radius 1 is 1.25 bits per heavy atom. The molecule has 0 aliphatic carbocycles. The highest BCUT2D eigenvalue weighted by Gasteiger charge is 1.99. The Bertz CT molecular complexity index is 444. The third-order valence-corrected chi connectivity index (χ3v) is 2.80. The Labute approximate surface area is 72.9 Å². The van der Waals surface area contributed by atoms with Gasteiger partial charge in [-0.1, -0.05) is 0 Å². The van der Waals surface area contributed by atoms with Crippen LogP contribution in [-0.2, 0) is 0 Å². The molecule has 3 heterocycles. The molecule has 3 aromatic heterocycles. The lowest BCUT2D eigenvalue weighted by atomic mass is 10.3. The first kappa shape index (κ1) is 6.20. The summed E-state index contributed by atoms with van der Waals surface area (Å²) in [6, 6.07) is 6.18. The molecule has 0 fully saturated rings. The van der Waals surface area contributed by atoms with Crippen molar-refractivity contribution in [3.8, 4) is 0 Å². The van der Waals surface area contributed by atoms with Crippen molar-refractivity contribution in [3.63, 3.8) is 0 Å². The number of rotatable bonds is 0. The van der Waals surface area contributed by atoms with Crippen LogP contribution in [0.15, 0.2) is 29.8 Å². The Kier molecular flexibility index (Phi) is 1.07. The highest BCUT2D eigenvalue weighted by atomic mass is 32.1. The van der Waals surface area contributed by atoms with Crippen molar-refractivity contribution >= 4 is 32.6 Å². The van der Waals surface area contributed by atoms with E-state index in [1.807, 2.05) is 18.3 Å². The zero-order valence-electron chi connectivity index (χ0n) is 6.24. The first-order chi connectivity index (χ1) is 5.93. The summed E-state index contributed by atoms with van der Waals surface area (Å²) in [7, 11) is 0. The molecule has 0 bridgehead atoms. The van der Waals surface area contributed by atoms with E-state index in [1.54, 1.807) is 11.3 Å². The normalized spacial score (nSPS) is 11.3. The molecular formula is C9H6N2S. The van der Waals surface area contributed by atoms with Crippen molar-refractivity contribution in [2.45, 2.75) is 0 Å². The van der Waals surface area contributed by atoms with Crippen molar-refractivity contribution in [3.05, 3.63) is 29.8 Å². The van der Waals surface area contributed by atoms with Gasteiger partial charge >= 0.3 is 0 Å². The van der Waals surface area contributed by atoms with E-state index >= 15 is 0 Å². The lowest BCUT2D eigenvalue weighted by molar-refractivity contribution is 1.47. The van der Waals surface area contributed by atoms with Crippen molar-refractivity contribution in [1.82, 2.24) is 9.97 Å². The molecule has 58 valence electrons. The molecular weight excluding hydrogens is 168 g/mol. The van der Waals surface area contributed by atoms with Crippen LogP contribution in [0.1, 0.15) is 0 Å². The van der Waals surface area contributed by atoms with E-state index in [0.29, 0.717) is 0 Å². The van der Waals surface area contributed by atoms with E-state index in [4.69, 9.17) is 0 Å². The van der Waals surface area contributed by atoms with Crippen LogP contribution < -0.4 is 0 Å². The number of hydrogen-bond donors (Lipinski definition) is 1. The van der Waals surface area contributed by atoms with Gasteiger partial charge in [0.2, 0.25) is 0 Å². The zero-order valence-corrected chi connectivity index (χ0v) is 7.06. The number of pyridine rings is 1. The lowest BCUT2D eigenvalue weighted by Gasteiger charge is -1.89. The van der Waals surface area contributed by atoms with Gasteiger partial charge in [-0.25, -0.2) is 4.98 Å². The molecule has 0 spiro atoms. The standard InChI is InChI=1S/C9H6N2S/c1-3-10-8-5-9-7(2-4-12-9)11-6(1)8/h1-5,10H. The molecule has 0 unspecified atom stereocenters. The number of thiophene rings is 1. The first-order valence-corrected chi connectivity index (χ1v) is 4.63. The van der Waals surface area contributed by atoms with Crippen LogP contribution >= 0.6 is 11.3 Å². The van der Waals surface area contributed by atoms with E-state index in [2.05, 4.69) is 21.4 Å². The molecule has 0 amide bonds. The average molecular weight is 174 g/mol. The smallest absolute Gasteiger partial charge is 0.0887 e. The summed E-state index contributed by atoms with van der Waals surface area (Å²) in [5.74, 6) is 0. The Balaban J connectivity index is 2.62. The van der Waals surface area contributed by atoms with Gasteiger partial charge in [0, 0.05) is 6.20 Å². The van der Waals surface area contributed by atoms with Crippen LogP contribution in [-0.4, -0.2) is 9.97 Å². The van der Waals surface area contributed by atoms with E-state index in [-0.39, 0.29) is 0 Å². The van der Waals surface area contributed by atoms with Gasteiger partial charge in [-0.05, 0) is 23.6 Å². The Morgan fingerprint density at radius 3 is 3.25 bits per heavy atom. The highest BCUT2D eigenvalue weighted by Crippen LogP contribution is 2.22. The second-order valence-electron chi connectivity index (χ2n) is 2.70. The van der Waals surface area contributed by atoms with Crippen LogP contribution in [0.3, 0.4) is 0 Å². The molecule has 3 aromatic rings. The average Bonchev–Trinajstić information content (AvgIpc) is 2.64. The monoisotopic (exact) mass is 174 g/mol. The summed E-state index contributed by atoms with van der Waals surface area (Å²) in [5.41, 5.74) is 3.25. The van der Waals surface area contributed by atoms with Crippen LogP contribution in [0.25, 0.3) is 21.3 Å². The molecule has 0 radical (unpaired) electrons. The summed E-state index contributed by atoms with van der Waals surface area (Å²) in [5, 5.41) is 2.07.